The maximum atomic E-state index is 12.7. The lowest BCUT2D eigenvalue weighted by molar-refractivity contribution is 0.113. The molecule has 132 valence electrons. The Kier molecular flexibility index (Phi) is 4.44. The van der Waals surface area contributed by atoms with Crippen LogP contribution in [0.4, 0.5) is 5.00 Å². The molecular weight excluding hydrogens is 450 g/mol. The van der Waals surface area contributed by atoms with E-state index in [1.165, 1.54) is 11.3 Å². The number of aromatic nitrogens is 2. The van der Waals surface area contributed by atoms with Crippen LogP contribution in [0.1, 0.15) is 16.3 Å². The Bertz CT molecular complexity index is 1040. The van der Waals surface area contributed by atoms with Gasteiger partial charge in [-0.05, 0) is 47.0 Å². The predicted molar refractivity (Wildman–Crippen MR) is 98.5 cm³/mol. The summed E-state index contributed by atoms with van der Waals surface area (Å²) in [4.78, 5) is 5.25. The molecule has 11 heteroatoms. The number of aryl methyl sites for hydroxylation is 1. The first-order valence-electron chi connectivity index (χ1n) is 7.25. The van der Waals surface area contributed by atoms with Crippen LogP contribution in [0.5, 0.6) is 0 Å². The SMILES string of the molecule is Cc1noc(-c2c(NS(=O)(=O)c3ccc(Br)s3)sc3c2CCOC3)n1. The van der Waals surface area contributed by atoms with Crippen LogP contribution in [-0.4, -0.2) is 25.2 Å². The van der Waals surface area contributed by atoms with Gasteiger partial charge in [-0.3, -0.25) is 4.72 Å². The fourth-order valence-corrected chi connectivity index (χ4v) is 7.04. The van der Waals surface area contributed by atoms with Gasteiger partial charge in [0.05, 0.1) is 22.6 Å². The number of fused-ring (bicyclic) bond motifs is 1. The Labute approximate surface area is 160 Å². The van der Waals surface area contributed by atoms with Crippen molar-refractivity contribution in [2.45, 2.75) is 24.2 Å². The molecule has 0 fully saturated rings. The van der Waals surface area contributed by atoms with Gasteiger partial charge < -0.3 is 9.26 Å². The zero-order valence-corrected chi connectivity index (χ0v) is 16.9. The lowest BCUT2D eigenvalue weighted by atomic mass is 10.1. The van der Waals surface area contributed by atoms with Crippen molar-refractivity contribution in [1.82, 2.24) is 10.1 Å². The van der Waals surface area contributed by atoms with Crippen molar-refractivity contribution in [2.24, 2.45) is 0 Å². The van der Waals surface area contributed by atoms with Crippen LogP contribution >= 0.6 is 38.6 Å². The number of thiophene rings is 2. The number of hydrogen-bond donors (Lipinski definition) is 1. The fraction of sp³-hybridized carbons (Fsp3) is 0.286. The summed E-state index contributed by atoms with van der Waals surface area (Å²) in [6, 6.07) is 3.26. The van der Waals surface area contributed by atoms with E-state index in [4.69, 9.17) is 9.26 Å². The molecule has 0 aliphatic carbocycles. The average Bonchev–Trinajstić information content (AvgIpc) is 3.25. The topological polar surface area (TPSA) is 94.3 Å². The second kappa shape index (κ2) is 6.47. The van der Waals surface area contributed by atoms with E-state index < -0.39 is 10.0 Å². The summed E-state index contributed by atoms with van der Waals surface area (Å²) in [5, 5.41) is 4.30. The highest BCUT2D eigenvalue weighted by Gasteiger charge is 2.28. The van der Waals surface area contributed by atoms with Crippen molar-refractivity contribution < 1.29 is 17.7 Å². The minimum absolute atomic E-state index is 0.231. The number of ether oxygens (including phenoxy) is 1. The summed E-state index contributed by atoms with van der Waals surface area (Å²) in [6.07, 6.45) is 0.675. The van der Waals surface area contributed by atoms with Crippen LogP contribution < -0.4 is 4.72 Å². The van der Waals surface area contributed by atoms with E-state index >= 15 is 0 Å². The van der Waals surface area contributed by atoms with Crippen molar-refractivity contribution in [3.63, 3.8) is 0 Å². The smallest absolute Gasteiger partial charge is 0.272 e. The van der Waals surface area contributed by atoms with Gasteiger partial charge in [0.1, 0.15) is 9.21 Å². The minimum atomic E-state index is -3.70. The molecule has 3 aromatic rings. The van der Waals surface area contributed by atoms with Crippen LogP contribution in [0.25, 0.3) is 11.5 Å². The first-order chi connectivity index (χ1) is 11.9. The molecule has 0 amide bonds. The van der Waals surface area contributed by atoms with Gasteiger partial charge in [-0.2, -0.15) is 4.98 Å². The molecule has 1 aliphatic heterocycles. The van der Waals surface area contributed by atoms with Crippen molar-refractivity contribution in [3.05, 3.63) is 32.2 Å². The highest BCUT2D eigenvalue weighted by Crippen LogP contribution is 2.43. The number of sulfonamides is 1. The van der Waals surface area contributed by atoms with Gasteiger partial charge in [0.25, 0.3) is 15.9 Å². The van der Waals surface area contributed by atoms with Gasteiger partial charge in [0.2, 0.25) is 0 Å². The Morgan fingerprint density at radius 3 is 2.84 bits per heavy atom. The van der Waals surface area contributed by atoms with Crippen LogP contribution in [-0.2, 0) is 27.8 Å². The molecule has 1 aliphatic rings. The molecule has 0 bridgehead atoms. The monoisotopic (exact) mass is 461 g/mol. The summed E-state index contributed by atoms with van der Waals surface area (Å²) in [6.45, 7) is 2.75. The molecular formula is C14H12BrN3O4S3. The normalized spacial score (nSPS) is 14.5. The molecule has 0 saturated carbocycles. The lowest BCUT2D eigenvalue weighted by Gasteiger charge is -2.12. The summed E-state index contributed by atoms with van der Waals surface area (Å²) < 4.78 is 39.9. The second-order valence-corrected chi connectivity index (χ2v) is 10.8. The Balaban J connectivity index is 1.80. The van der Waals surface area contributed by atoms with E-state index in [2.05, 4.69) is 30.8 Å². The summed E-state index contributed by atoms with van der Waals surface area (Å²) in [7, 11) is -3.70. The second-order valence-electron chi connectivity index (χ2n) is 5.32. The van der Waals surface area contributed by atoms with Crippen molar-refractivity contribution in [2.75, 3.05) is 11.3 Å². The number of nitrogens with zero attached hydrogens (tertiary/aromatic N) is 2. The Morgan fingerprint density at radius 1 is 1.32 bits per heavy atom. The molecule has 25 heavy (non-hydrogen) atoms. The molecule has 0 radical (unpaired) electrons. The molecule has 4 heterocycles. The first-order valence-corrected chi connectivity index (χ1v) is 11.2. The predicted octanol–water partition coefficient (Wildman–Crippen LogP) is 3.80. The van der Waals surface area contributed by atoms with Crippen molar-refractivity contribution in [1.29, 1.82) is 0 Å². The molecule has 4 rings (SSSR count). The maximum Gasteiger partial charge on any atom is 0.272 e. The van der Waals surface area contributed by atoms with Crippen LogP contribution in [0.15, 0.2) is 24.7 Å². The van der Waals surface area contributed by atoms with Crippen LogP contribution in [0, 0.1) is 6.92 Å². The number of hydrogen-bond acceptors (Lipinski definition) is 8. The van der Waals surface area contributed by atoms with Crippen LogP contribution in [0.2, 0.25) is 0 Å². The molecule has 1 N–H and O–H groups in total. The number of rotatable bonds is 4. The zero-order valence-electron chi connectivity index (χ0n) is 12.9. The molecule has 0 spiro atoms. The number of halogens is 1. The summed E-state index contributed by atoms with van der Waals surface area (Å²) in [5.74, 6) is 0.819. The fourth-order valence-electron chi connectivity index (χ4n) is 2.54. The van der Waals surface area contributed by atoms with E-state index in [0.29, 0.717) is 41.9 Å². The molecule has 0 unspecified atom stereocenters. The Morgan fingerprint density at radius 2 is 2.16 bits per heavy atom. The highest BCUT2D eigenvalue weighted by molar-refractivity contribution is 9.11. The quantitative estimate of drug-likeness (QED) is 0.634. The molecule has 0 saturated heterocycles. The first kappa shape index (κ1) is 17.2. The molecule has 3 aromatic heterocycles. The number of nitrogens with one attached hydrogen (secondary N) is 1. The van der Waals surface area contributed by atoms with Crippen LogP contribution in [0.3, 0.4) is 0 Å². The minimum Gasteiger partial charge on any atom is -0.376 e. The molecule has 7 nitrogen and oxygen atoms in total. The molecule has 0 atom stereocenters. The zero-order chi connectivity index (χ0) is 17.6. The van der Waals surface area contributed by atoms with E-state index in [1.807, 2.05) is 0 Å². The standard InChI is InChI=1S/C14H12BrN3O4S3/c1-7-16-13(22-17-7)12-8-4-5-21-6-9(8)23-14(12)18-25(19,20)11-3-2-10(15)24-11/h2-3,18H,4-6H2,1H3. The highest BCUT2D eigenvalue weighted by atomic mass is 79.9. The van der Waals surface area contributed by atoms with Gasteiger partial charge >= 0.3 is 0 Å². The Hall–Kier alpha value is -1.27. The summed E-state index contributed by atoms with van der Waals surface area (Å²) in [5.41, 5.74) is 1.66. The lowest BCUT2D eigenvalue weighted by Crippen LogP contribution is -2.11. The number of anilines is 1. The van der Waals surface area contributed by atoms with E-state index in [-0.39, 0.29) is 4.21 Å². The maximum absolute atomic E-state index is 12.7. The van der Waals surface area contributed by atoms with Gasteiger partial charge in [0.15, 0.2) is 5.82 Å². The third kappa shape index (κ3) is 3.26. The van der Waals surface area contributed by atoms with Gasteiger partial charge in [-0.25, -0.2) is 8.42 Å². The average molecular weight is 462 g/mol. The summed E-state index contributed by atoms with van der Waals surface area (Å²) >= 11 is 5.78. The largest absolute Gasteiger partial charge is 0.376 e. The van der Waals surface area contributed by atoms with E-state index in [0.717, 1.165) is 25.6 Å². The van der Waals surface area contributed by atoms with Gasteiger partial charge in [-0.15, -0.1) is 22.7 Å². The van der Waals surface area contributed by atoms with Gasteiger partial charge in [0, 0.05) is 4.88 Å². The third-order valence-corrected chi connectivity index (χ3v) is 8.32. The third-order valence-electron chi connectivity index (χ3n) is 3.60. The van der Waals surface area contributed by atoms with Crippen molar-refractivity contribution >= 4 is 53.6 Å². The van der Waals surface area contributed by atoms with Crippen molar-refractivity contribution in [3.8, 4) is 11.5 Å². The molecule has 0 aromatic carbocycles. The van der Waals surface area contributed by atoms with E-state index in [1.54, 1.807) is 19.1 Å². The van der Waals surface area contributed by atoms with Gasteiger partial charge in [-0.1, -0.05) is 5.16 Å². The van der Waals surface area contributed by atoms with E-state index in [9.17, 15) is 8.42 Å².